The maximum Gasteiger partial charge on any atom is 0.168 e. The number of nitrogens with one attached hydrogen (secondary N) is 2. The van der Waals surface area contributed by atoms with E-state index in [0.29, 0.717) is 11.4 Å². The lowest BCUT2D eigenvalue weighted by atomic mass is 10.1. The van der Waals surface area contributed by atoms with Crippen LogP contribution in [0.1, 0.15) is 16.3 Å². The minimum absolute atomic E-state index is 0.487. The van der Waals surface area contributed by atoms with E-state index in [1.54, 1.807) is 0 Å². The normalized spacial score (nSPS) is 10.9. The summed E-state index contributed by atoms with van der Waals surface area (Å²) in [5.41, 5.74) is 3.90. The molecule has 5 heteroatoms. The Kier molecular flexibility index (Phi) is 2.04. The minimum atomic E-state index is 0.487. The number of aromatic amines is 2. The summed E-state index contributed by atoms with van der Waals surface area (Å²) >= 11 is 0. The maximum absolute atomic E-state index is 10.8. The van der Waals surface area contributed by atoms with E-state index in [1.807, 2.05) is 25.1 Å². The van der Waals surface area contributed by atoms with Crippen molar-refractivity contribution in [1.82, 2.24) is 19.9 Å². The first kappa shape index (κ1) is 9.77. The first-order chi connectivity index (χ1) is 8.28. The fourth-order valence-corrected chi connectivity index (χ4v) is 1.91. The van der Waals surface area contributed by atoms with Crippen molar-refractivity contribution in [2.75, 3.05) is 0 Å². The quantitative estimate of drug-likeness (QED) is 0.657. The van der Waals surface area contributed by atoms with E-state index in [2.05, 4.69) is 19.9 Å². The molecule has 0 bridgehead atoms. The second-order valence-electron chi connectivity index (χ2n) is 3.84. The van der Waals surface area contributed by atoms with Crippen molar-refractivity contribution < 1.29 is 4.79 Å². The molecule has 0 aliphatic rings. The lowest BCUT2D eigenvalue weighted by Gasteiger charge is -1.97. The molecule has 0 saturated carbocycles. The van der Waals surface area contributed by atoms with Crippen LogP contribution in [0.3, 0.4) is 0 Å². The van der Waals surface area contributed by atoms with E-state index in [9.17, 15) is 4.79 Å². The summed E-state index contributed by atoms with van der Waals surface area (Å²) in [5, 5.41) is 0. The highest BCUT2D eigenvalue weighted by Gasteiger charge is 2.09. The molecule has 17 heavy (non-hydrogen) atoms. The predicted molar refractivity (Wildman–Crippen MR) is 63.8 cm³/mol. The van der Waals surface area contributed by atoms with Crippen LogP contribution < -0.4 is 0 Å². The third-order valence-electron chi connectivity index (χ3n) is 2.66. The van der Waals surface area contributed by atoms with E-state index in [-0.39, 0.29) is 0 Å². The van der Waals surface area contributed by atoms with Crippen LogP contribution in [0.5, 0.6) is 0 Å². The van der Waals surface area contributed by atoms with Crippen molar-refractivity contribution in [3.63, 3.8) is 0 Å². The molecule has 0 amide bonds. The first-order valence-electron chi connectivity index (χ1n) is 5.23. The molecule has 0 aliphatic heterocycles. The zero-order valence-electron chi connectivity index (χ0n) is 9.19. The van der Waals surface area contributed by atoms with Crippen molar-refractivity contribution >= 4 is 17.3 Å². The molecule has 2 N–H and O–H groups in total. The summed E-state index contributed by atoms with van der Waals surface area (Å²) in [7, 11) is 0. The molecule has 5 nitrogen and oxygen atoms in total. The number of benzene rings is 1. The molecule has 2 aromatic heterocycles. The van der Waals surface area contributed by atoms with Crippen LogP contribution in [-0.2, 0) is 0 Å². The van der Waals surface area contributed by atoms with Crippen LogP contribution in [0.4, 0.5) is 0 Å². The number of aryl methyl sites for hydroxylation is 1. The Bertz CT molecular complexity index is 695. The topological polar surface area (TPSA) is 74.4 Å². The molecule has 84 valence electrons. The number of carbonyl (C=O) groups excluding carboxylic acids is 1. The van der Waals surface area contributed by atoms with E-state index in [4.69, 9.17) is 0 Å². The number of H-pyrrole nitrogens is 2. The van der Waals surface area contributed by atoms with Crippen LogP contribution >= 0.6 is 0 Å². The van der Waals surface area contributed by atoms with Gasteiger partial charge in [0.15, 0.2) is 6.29 Å². The van der Waals surface area contributed by atoms with Crippen LogP contribution in [0, 0.1) is 6.92 Å². The number of hydrogen-bond acceptors (Lipinski definition) is 3. The molecule has 1 aromatic carbocycles. The number of carbonyl (C=O) groups is 1. The monoisotopic (exact) mass is 226 g/mol. The Morgan fingerprint density at radius 1 is 1.35 bits per heavy atom. The van der Waals surface area contributed by atoms with Gasteiger partial charge in [-0.1, -0.05) is 6.07 Å². The number of fused-ring (bicyclic) bond motifs is 1. The lowest BCUT2D eigenvalue weighted by Crippen LogP contribution is -1.85. The van der Waals surface area contributed by atoms with Crippen molar-refractivity contribution in [3.8, 4) is 11.3 Å². The van der Waals surface area contributed by atoms with Gasteiger partial charge >= 0.3 is 0 Å². The summed E-state index contributed by atoms with van der Waals surface area (Å²) in [5.74, 6) is 0.870. The maximum atomic E-state index is 10.8. The van der Waals surface area contributed by atoms with Gasteiger partial charge in [-0.05, 0) is 19.1 Å². The van der Waals surface area contributed by atoms with Gasteiger partial charge in [0.05, 0.1) is 23.1 Å². The molecule has 0 saturated heterocycles. The van der Waals surface area contributed by atoms with Gasteiger partial charge in [0.2, 0.25) is 0 Å². The Labute approximate surface area is 96.9 Å². The van der Waals surface area contributed by atoms with E-state index in [1.165, 1.54) is 6.33 Å². The second kappa shape index (κ2) is 3.55. The largest absolute Gasteiger partial charge is 0.342 e. The second-order valence-corrected chi connectivity index (χ2v) is 3.84. The van der Waals surface area contributed by atoms with Gasteiger partial charge in [-0.25, -0.2) is 9.97 Å². The standard InChI is InChI=1S/C12H10N4O/c1-7-15-9-3-2-8(4-10(9)16-7)12-11(5-17)13-6-14-12/h2-6H,1H3,(H,13,14)(H,15,16). The molecule has 3 rings (SSSR count). The van der Waals surface area contributed by atoms with Crippen LogP contribution in [0.25, 0.3) is 22.3 Å². The van der Waals surface area contributed by atoms with Gasteiger partial charge in [-0.3, -0.25) is 4.79 Å². The van der Waals surface area contributed by atoms with E-state index >= 15 is 0 Å². The summed E-state index contributed by atoms with van der Waals surface area (Å²) in [6.45, 7) is 1.91. The zero-order valence-corrected chi connectivity index (χ0v) is 9.19. The van der Waals surface area contributed by atoms with Crippen molar-refractivity contribution in [1.29, 1.82) is 0 Å². The van der Waals surface area contributed by atoms with Crippen LogP contribution in [0.15, 0.2) is 24.5 Å². The molecule has 2 heterocycles. The van der Waals surface area contributed by atoms with Crippen molar-refractivity contribution in [3.05, 3.63) is 36.0 Å². The Balaban J connectivity index is 2.20. The summed E-state index contributed by atoms with van der Waals surface area (Å²) in [4.78, 5) is 25.3. The average Bonchev–Trinajstić information content (AvgIpc) is 2.91. The fourth-order valence-electron chi connectivity index (χ4n) is 1.91. The molecule has 0 spiro atoms. The lowest BCUT2D eigenvalue weighted by molar-refractivity contribution is 0.112. The Morgan fingerprint density at radius 2 is 2.24 bits per heavy atom. The third-order valence-corrected chi connectivity index (χ3v) is 2.66. The molecule has 0 fully saturated rings. The average molecular weight is 226 g/mol. The summed E-state index contributed by atoms with van der Waals surface area (Å²) in [6, 6.07) is 5.77. The number of imidazole rings is 2. The van der Waals surface area contributed by atoms with Gasteiger partial charge in [0.1, 0.15) is 11.5 Å². The summed E-state index contributed by atoms with van der Waals surface area (Å²) < 4.78 is 0. The third kappa shape index (κ3) is 1.52. The number of aldehydes is 1. The molecular formula is C12H10N4O. The molecular weight excluding hydrogens is 216 g/mol. The molecule has 3 aromatic rings. The van der Waals surface area contributed by atoms with Gasteiger partial charge in [0, 0.05) is 5.56 Å². The SMILES string of the molecule is Cc1nc2ccc(-c3nc[nH]c3C=O)cc2[nH]1. The zero-order chi connectivity index (χ0) is 11.8. The fraction of sp³-hybridized carbons (Fsp3) is 0.0833. The number of hydrogen-bond donors (Lipinski definition) is 2. The molecule has 0 aliphatic carbocycles. The molecule has 0 unspecified atom stereocenters. The molecule has 0 atom stereocenters. The predicted octanol–water partition coefficient (Wildman–Crippen LogP) is 2.07. The Morgan fingerprint density at radius 3 is 3.06 bits per heavy atom. The van der Waals surface area contributed by atoms with Gasteiger partial charge in [-0.2, -0.15) is 0 Å². The smallest absolute Gasteiger partial charge is 0.168 e. The number of nitrogens with zero attached hydrogens (tertiary/aromatic N) is 2. The van der Waals surface area contributed by atoms with Crippen LogP contribution in [0.2, 0.25) is 0 Å². The Hall–Kier alpha value is -2.43. The first-order valence-corrected chi connectivity index (χ1v) is 5.23. The highest BCUT2D eigenvalue weighted by molar-refractivity contribution is 5.87. The highest BCUT2D eigenvalue weighted by Crippen LogP contribution is 2.23. The van der Waals surface area contributed by atoms with E-state index < -0.39 is 0 Å². The molecule has 0 radical (unpaired) electrons. The van der Waals surface area contributed by atoms with Crippen molar-refractivity contribution in [2.45, 2.75) is 6.92 Å². The summed E-state index contributed by atoms with van der Waals surface area (Å²) in [6.07, 6.45) is 2.28. The van der Waals surface area contributed by atoms with Gasteiger partial charge in [0.25, 0.3) is 0 Å². The van der Waals surface area contributed by atoms with Gasteiger partial charge in [-0.15, -0.1) is 0 Å². The number of rotatable bonds is 2. The van der Waals surface area contributed by atoms with E-state index in [0.717, 1.165) is 28.7 Å². The number of aromatic nitrogens is 4. The highest BCUT2D eigenvalue weighted by atomic mass is 16.1. The minimum Gasteiger partial charge on any atom is -0.342 e. The van der Waals surface area contributed by atoms with Crippen molar-refractivity contribution in [2.24, 2.45) is 0 Å². The van der Waals surface area contributed by atoms with Gasteiger partial charge < -0.3 is 9.97 Å². The van der Waals surface area contributed by atoms with Crippen LogP contribution in [-0.4, -0.2) is 26.2 Å².